The third-order valence-electron chi connectivity index (χ3n) is 3.61. The molecule has 0 unspecified atom stereocenters. The van der Waals surface area contributed by atoms with E-state index in [1.54, 1.807) is 12.1 Å². The summed E-state index contributed by atoms with van der Waals surface area (Å²) in [6, 6.07) is 7.24. The van der Waals surface area contributed by atoms with Crippen LogP contribution in [0, 0.1) is 20.8 Å². The number of ether oxygens (including phenoxy) is 2. The molecule has 0 fully saturated rings. The molecule has 122 valence electrons. The highest BCUT2D eigenvalue weighted by atomic mass is 35.5. The van der Waals surface area contributed by atoms with Gasteiger partial charge in [0.1, 0.15) is 0 Å². The molecular formula is C18H20ClNO3. The number of carbonyl (C=O) groups is 1. The maximum absolute atomic E-state index is 12.6. The van der Waals surface area contributed by atoms with Gasteiger partial charge >= 0.3 is 0 Å². The van der Waals surface area contributed by atoms with Gasteiger partial charge in [0, 0.05) is 11.3 Å². The topological polar surface area (TPSA) is 47.6 Å². The van der Waals surface area contributed by atoms with Gasteiger partial charge in [0.2, 0.25) is 0 Å². The van der Waals surface area contributed by atoms with Crippen LogP contribution >= 0.6 is 11.6 Å². The van der Waals surface area contributed by atoms with E-state index in [2.05, 4.69) is 5.32 Å². The van der Waals surface area contributed by atoms with Gasteiger partial charge in [-0.1, -0.05) is 29.3 Å². The molecule has 0 aliphatic carbocycles. The van der Waals surface area contributed by atoms with E-state index in [1.165, 1.54) is 14.2 Å². The van der Waals surface area contributed by atoms with E-state index in [-0.39, 0.29) is 5.91 Å². The van der Waals surface area contributed by atoms with Crippen molar-refractivity contribution in [1.82, 2.24) is 0 Å². The second-order valence-electron chi connectivity index (χ2n) is 5.42. The number of anilines is 1. The summed E-state index contributed by atoms with van der Waals surface area (Å²) in [5, 5.41) is 3.27. The predicted octanol–water partition coefficient (Wildman–Crippen LogP) is 4.53. The summed E-state index contributed by atoms with van der Waals surface area (Å²) < 4.78 is 10.4. The molecule has 0 aliphatic rings. The van der Waals surface area contributed by atoms with Crippen LogP contribution in [0.15, 0.2) is 24.3 Å². The Morgan fingerprint density at radius 2 is 1.61 bits per heavy atom. The Morgan fingerprint density at radius 3 is 2.13 bits per heavy atom. The maximum atomic E-state index is 12.6. The fourth-order valence-corrected chi connectivity index (χ4v) is 2.90. The minimum Gasteiger partial charge on any atom is -0.493 e. The van der Waals surface area contributed by atoms with Crippen LogP contribution in [0.2, 0.25) is 5.02 Å². The van der Waals surface area contributed by atoms with E-state index in [4.69, 9.17) is 21.1 Å². The Kier molecular flexibility index (Phi) is 5.16. The second kappa shape index (κ2) is 6.92. The van der Waals surface area contributed by atoms with Gasteiger partial charge in [0.05, 0.1) is 19.2 Å². The zero-order valence-corrected chi connectivity index (χ0v) is 14.7. The first-order chi connectivity index (χ1) is 10.9. The van der Waals surface area contributed by atoms with E-state index < -0.39 is 0 Å². The normalized spacial score (nSPS) is 10.3. The maximum Gasteiger partial charge on any atom is 0.255 e. The van der Waals surface area contributed by atoms with Gasteiger partial charge in [-0.2, -0.15) is 0 Å². The highest BCUT2D eigenvalue weighted by Crippen LogP contribution is 2.36. The fraction of sp³-hybridized carbons (Fsp3) is 0.278. The molecule has 1 N–H and O–H groups in total. The fourth-order valence-electron chi connectivity index (χ4n) is 2.61. The summed E-state index contributed by atoms with van der Waals surface area (Å²) >= 11 is 6.16. The predicted molar refractivity (Wildman–Crippen MR) is 93.2 cm³/mol. The third kappa shape index (κ3) is 3.59. The largest absolute Gasteiger partial charge is 0.493 e. The van der Waals surface area contributed by atoms with Gasteiger partial charge < -0.3 is 14.8 Å². The van der Waals surface area contributed by atoms with Crippen molar-refractivity contribution in [3.05, 3.63) is 51.5 Å². The van der Waals surface area contributed by atoms with Crippen molar-refractivity contribution in [2.24, 2.45) is 0 Å². The molecule has 0 saturated carbocycles. The van der Waals surface area contributed by atoms with Crippen LogP contribution in [0.25, 0.3) is 0 Å². The molecule has 0 spiro atoms. The Balaban J connectivity index is 2.37. The van der Waals surface area contributed by atoms with Crippen LogP contribution < -0.4 is 14.8 Å². The molecule has 1 amide bonds. The van der Waals surface area contributed by atoms with Crippen molar-refractivity contribution >= 4 is 23.2 Å². The van der Waals surface area contributed by atoms with Crippen molar-refractivity contribution in [3.63, 3.8) is 0 Å². The second-order valence-corrected chi connectivity index (χ2v) is 5.83. The van der Waals surface area contributed by atoms with E-state index >= 15 is 0 Å². The Morgan fingerprint density at radius 1 is 1.00 bits per heavy atom. The molecule has 0 radical (unpaired) electrons. The number of amides is 1. The zero-order valence-electron chi connectivity index (χ0n) is 13.9. The molecule has 5 heteroatoms. The SMILES string of the molecule is COc1cc(C(=O)Nc2c(C)cc(C)cc2C)cc(Cl)c1OC. The van der Waals surface area contributed by atoms with Crippen LogP contribution in [0.5, 0.6) is 11.5 Å². The summed E-state index contributed by atoms with van der Waals surface area (Å²) in [4.78, 5) is 12.6. The third-order valence-corrected chi connectivity index (χ3v) is 3.89. The van der Waals surface area contributed by atoms with Crippen LogP contribution in [-0.2, 0) is 0 Å². The lowest BCUT2D eigenvalue weighted by Gasteiger charge is -2.15. The van der Waals surface area contributed by atoms with Crippen LogP contribution in [-0.4, -0.2) is 20.1 Å². The van der Waals surface area contributed by atoms with Gasteiger partial charge in [-0.25, -0.2) is 0 Å². The molecule has 2 aromatic rings. The molecule has 0 saturated heterocycles. The highest BCUT2D eigenvalue weighted by Gasteiger charge is 2.16. The van der Waals surface area contributed by atoms with E-state index in [9.17, 15) is 4.79 Å². The number of rotatable bonds is 4. The lowest BCUT2D eigenvalue weighted by Crippen LogP contribution is -2.14. The molecule has 23 heavy (non-hydrogen) atoms. The van der Waals surface area contributed by atoms with Gasteiger partial charge in [-0.3, -0.25) is 4.79 Å². The first-order valence-electron chi connectivity index (χ1n) is 7.18. The number of benzene rings is 2. The standard InChI is InChI=1S/C18H20ClNO3/c1-10-6-11(2)16(12(3)7-10)20-18(21)13-8-14(19)17(23-5)15(9-13)22-4/h6-9H,1-5H3,(H,20,21). The lowest BCUT2D eigenvalue weighted by atomic mass is 10.0. The smallest absolute Gasteiger partial charge is 0.255 e. The number of carbonyl (C=O) groups excluding carboxylic acids is 1. The van der Waals surface area contributed by atoms with Crippen molar-refractivity contribution in [3.8, 4) is 11.5 Å². The van der Waals surface area contributed by atoms with Gasteiger partial charge in [-0.15, -0.1) is 0 Å². The van der Waals surface area contributed by atoms with E-state index in [0.29, 0.717) is 22.1 Å². The summed E-state index contributed by atoms with van der Waals surface area (Å²) in [7, 11) is 3.01. The van der Waals surface area contributed by atoms with E-state index in [0.717, 1.165) is 22.4 Å². The molecule has 2 rings (SSSR count). The molecule has 0 atom stereocenters. The van der Waals surface area contributed by atoms with Crippen molar-refractivity contribution in [1.29, 1.82) is 0 Å². The first kappa shape index (κ1) is 17.2. The molecule has 0 heterocycles. The Bertz CT molecular complexity index is 733. The number of aryl methyl sites for hydroxylation is 3. The summed E-state index contributed by atoms with van der Waals surface area (Å²) in [5.74, 6) is 0.582. The van der Waals surface area contributed by atoms with Gasteiger partial charge in [0.15, 0.2) is 11.5 Å². The van der Waals surface area contributed by atoms with Crippen LogP contribution in [0.1, 0.15) is 27.0 Å². The Labute approximate surface area is 141 Å². The quantitative estimate of drug-likeness (QED) is 0.893. The number of hydrogen-bond donors (Lipinski definition) is 1. The average Bonchev–Trinajstić information content (AvgIpc) is 2.49. The van der Waals surface area contributed by atoms with E-state index in [1.807, 2.05) is 32.9 Å². The minimum atomic E-state index is -0.247. The average molecular weight is 334 g/mol. The van der Waals surface area contributed by atoms with Crippen molar-refractivity contribution < 1.29 is 14.3 Å². The van der Waals surface area contributed by atoms with Crippen molar-refractivity contribution in [2.75, 3.05) is 19.5 Å². The number of nitrogens with one attached hydrogen (secondary N) is 1. The Hall–Kier alpha value is -2.20. The molecule has 0 bridgehead atoms. The number of methoxy groups -OCH3 is 2. The number of hydrogen-bond acceptors (Lipinski definition) is 3. The molecule has 0 aliphatic heterocycles. The van der Waals surface area contributed by atoms with Crippen LogP contribution in [0.4, 0.5) is 5.69 Å². The molecular weight excluding hydrogens is 314 g/mol. The highest BCUT2D eigenvalue weighted by molar-refractivity contribution is 6.32. The molecule has 2 aromatic carbocycles. The van der Waals surface area contributed by atoms with Gasteiger partial charge in [-0.05, 0) is 44.0 Å². The summed E-state index contributed by atoms with van der Waals surface area (Å²) in [6.07, 6.45) is 0. The summed E-state index contributed by atoms with van der Waals surface area (Å²) in [6.45, 7) is 5.97. The number of halogens is 1. The minimum absolute atomic E-state index is 0.247. The first-order valence-corrected chi connectivity index (χ1v) is 7.56. The van der Waals surface area contributed by atoms with Gasteiger partial charge in [0.25, 0.3) is 5.91 Å². The zero-order chi connectivity index (χ0) is 17.1. The molecule has 0 aromatic heterocycles. The monoisotopic (exact) mass is 333 g/mol. The summed E-state index contributed by atoms with van der Waals surface area (Å²) in [5.41, 5.74) is 4.41. The van der Waals surface area contributed by atoms with Crippen LogP contribution in [0.3, 0.4) is 0 Å². The van der Waals surface area contributed by atoms with Crippen molar-refractivity contribution in [2.45, 2.75) is 20.8 Å². The lowest BCUT2D eigenvalue weighted by molar-refractivity contribution is 0.102. The molecule has 4 nitrogen and oxygen atoms in total.